The van der Waals surface area contributed by atoms with Crippen LogP contribution in [0.15, 0.2) is 23.1 Å². The van der Waals surface area contributed by atoms with Crippen molar-refractivity contribution in [3.63, 3.8) is 0 Å². The summed E-state index contributed by atoms with van der Waals surface area (Å²) in [5.74, 6) is 0. The molecule has 1 heterocycles. The standard InChI is InChI=1S/C13H19ClN2O3S/c14-10-5-6-12(15)13(8-10)20(18,19)16-7-3-1-2-4-11(16)9-17/h5-6,8,11,17H,1-4,7,9,15H2. The maximum absolute atomic E-state index is 12.8. The maximum Gasteiger partial charge on any atom is 0.245 e. The Morgan fingerprint density at radius 2 is 2.10 bits per heavy atom. The second-order valence-electron chi connectivity index (χ2n) is 4.98. The lowest BCUT2D eigenvalue weighted by Gasteiger charge is -2.28. The highest BCUT2D eigenvalue weighted by molar-refractivity contribution is 7.89. The van der Waals surface area contributed by atoms with Gasteiger partial charge in [0.2, 0.25) is 10.0 Å². The lowest BCUT2D eigenvalue weighted by molar-refractivity contribution is 0.186. The molecule has 0 radical (unpaired) electrons. The summed E-state index contributed by atoms with van der Waals surface area (Å²) in [6.07, 6.45) is 3.34. The molecule has 1 unspecified atom stereocenters. The van der Waals surface area contributed by atoms with Gasteiger partial charge in [0.05, 0.1) is 12.3 Å². The van der Waals surface area contributed by atoms with Gasteiger partial charge in [-0.2, -0.15) is 4.31 Å². The van der Waals surface area contributed by atoms with Crippen molar-refractivity contribution in [1.29, 1.82) is 0 Å². The fourth-order valence-corrected chi connectivity index (χ4v) is 4.57. The molecule has 1 aliphatic heterocycles. The number of nitrogen functional groups attached to an aromatic ring is 1. The van der Waals surface area contributed by atoms with E-state index in [2.05, 4.69) is 0 Å². The van der Waals surface area contributed by atoms with E-state index < -0.39 is 10.0 Å². The van der Waals surface area contributed by atoms with Gasteiger partial charge in [-0.25, -0.2) is 8.42 Å². The Bertz CT molecular complexity index is 577. The van der Waals surface area contributed by atoms with Crippen LogP contribution >= 0.6 is 11.6 Å². The molecule has 0 amide bonds. The van der Waals surface area contributed by atoms with E-state index in [0.29, 0.717) is 18.0 Å². The van der Waals surface area contributed by atoms with Crippen LogP contribution < -0.4 is 5.73 Å². The van der Waals surface area contributed by atoms with Crippen LogP contribution in [0.5, 0.6) is 0 Å². The summed E-state index contributed by atoms with van der Waals surface area (Å²) < 4.78 is 26.9. The number of aliphatic hydroxyl groups excluding tert-OH is 1. The largest absolute Gasteiger partial charge is 0.398 e. The van der Waals surface area contributed by atoms with Gasteiger partial charge in [-0.1, -0.05) is 24.4 Å². The van der Waals surface area contributed by atoms with Crippen LogP contribution in [-0.2, 0) is 10.0 Å². The third kappa shape index (κ3) is 3.09. The zero-order chi connectivity index (χ0) is 14.8. The van der Waals surface area contributed by atoms with Gasteiger partial charge >= 0.3 is 0 Å². The average molecular weight is 319 g/mol. The predicted molar refractivity (Wildman–Crippen MR) is 79.1 cm³/mol. The average Bonchev–Trinajstić information content (AvgIpc) is 2.66. The van der Waals surface area contributed by atoms with E-state index >= 15 is 0 Å². The summed E-state index contributed by atoms with van der Waals surface area (Å²) in [6, 6.07) is 4.02. The molecule has 1 aromatic rings. The van der Waals surface area contributed by atoms with Crippen molar-refractivity contribution in [2.75, 3.05) is 18.9 Å². The fraction of sp³-hybridized carbons (Fsp3) is 0.538. The first-order chi connectivity index (χ1) is 9.46. The van der Waals surface area contributed by atoms with Gasteiger partial charge in [0.25, 0.3) is 0 Å². The van der Waals surface area contributed by atoms with E-state index in [1.807, 2.05) is 0 Å². The number of anilines is 1. The molecule has 0 aromatic heterocycles. The summed E-state index contributed by atoms with van der Waals surface area (Å²) in [6.45, 7) is 0.221. The molecule has 0 bridgehead atoms. The van der Waals surface area contributed by atoms with Crippen LogP contribution in [0.2, 0.25) is 5.02 Å². The molecule has 112 valence electrons. The second kappa shape index (κ2) is 6.30. The SMILES string of the molecule is Nc1ccc(Cl)cc1S(=O)(=O)N1CCCCCC1CO. The van der Waals surface area contributed by atoms with Crippen LogP contribution in [0.4, 0.5) is 5.69 Å². The monoisotopic (exact) mass is 318 g/mol. The Hall–Kier alpha value is -0.820. The molecule has 0 spiro atoms. The van der Waals surface area contributed by atoms with Gasteiger partial charge in [0.1, 0.15) is 4.90 Å². The van der Waals surface area contributed by atoms with E-state index in [9.17, 15) is 13.5 Å². The van der Waals surface area contributed by atoms with Crippen LogP contribution in [0.1, 0.15) is 25.7 Å². The van der Waals surface area contributed by atoms with Gasteiger partial charge in [0.15, 0.2) is 0 Å². The molecular weight excluding hydrogens is 300 g/mol. The summed E-state index contributed by atoms with van der Waals surface area (Å²) in [5, 5.41) is 9.78. The van der Waals surface area contributed by atoms with Crippen molar-refractivity contribution in [2.45, 2.75) is 36.6 Å². The van der Waals surface area contributed by atoms with Crippen LogP contribution in [0.25, 0.3) is 0 Å². The number of halogens is 1. The summed E-state index contributed by atoms with van der Waals surface area (Å²) in [7, 11) is -3.74. The third-order valence-electron chi connectivity index (χ3n) is 3.60. The molecule has 5 nitrogen and oxygen atoms in total. The maximum atomic E-state index is 12.8. The van der Waals surface area contributed by atoms with Gasteiger partial charge in [-0.3, -0.25) is 0 Å². The Kier molecular flexibility index (Phi) is 4.90. The number of rotatable bonds is 3. The van der Waals surface area contributed by atoms with E-state index in [0.717, 1.165) is 19.3 Å². The predicted octanol–water partition coefficient (Wildman–Crippen LogP) is 1.85. The Morgan fingerprint density at radius 3 is 2.80 bits per heavy atom. The number of aliphatic hydroxyl groups is 1. The second-order valence-corrected chi connectivity index (χ2v) is 7.28. The van der Waals surface area contributed by atoms with E-state index in [4.69, 9.17) is 17.3 Å². The summed E-state index contributed by atoms with van der Waals surface area (Å²) >= 11 is 5.88. The van der Waals surface area contributed by atoms with Gasteiger partial charge in [0, 0.05) is 17.6 Å². The highest BCUT2D eigenvalue weighted by atomic mass is 35.5. The number of hydrogen-bond acceptors (Lipinski definition) is 4. The molecule has 1 aliphatic rings. The minimum absolute atomic E-state index is 0.0188. The minimum Gasteiger partial charge on any atom is -0.398 e. The van der Waals surface area contributed by atoms with Gasteiger partial charge in [-0.05, 0) is 31.0 Å². The zero-order valence-electron chi connectivity index (χ0n) is 11.1. The van der Waals surface area contributed by atoms with Crippen molar-refractivity contribution < 1.29 is 13.5 Å². The van der Waals surface area contributed by atoms with E-state index in [1.165, 1.54) is 16.4 Å². The van der Waals surface area contributed by atoms with Crippen LogP contribution in [0.3, 0.4) is 0 Å². The molecule has 1 atom stereocenters. The number of sulfonamides is 1. The molecule has 3 N–H and O–H groups in total. The van der Waals surface area contributed by atoms with Crippen molar-refractivity contribution >= 4 is 27.3 Å². The van der Waals surface area contributed by atoms with Crippen molar-refractivity contribution in [3.05, 3.63) is 23.2 Å². The lowest BCUT2D eigenvalue weighted by atomic mass is 10.1. The number of benzene rings is 1. The number of nitrogens with two attached hydrogens (primary N) is 1. The zero-order valence-corrected chi connectivity index (χ0v) is 12.7. The number of nitrogens with zero attached hydrogens (tertiary/aromatic N) is 1. The Morgan fingerprint density at radius 1 is 1.35 bits per heavy atom. The van der Waals surface area contributed by atoms with Gasteiger partial charge in [-0.15, -0.1) is 0 Å². The summed E-state index contributed by atoms with van der Waals surface area (Å²) in [5.41, 5.74) is 5.96. The van der Waals surface area contributed by atoms with Crippen LogP contribution in [0, 0.1) is 0 Å². The van der Waals surface area contributed by atoms with Crippen molar-refractivity contribution in [3.8, 4) is 0 Å². The molecule has 2 rings (SSSR count). The Balaban J connectivity index is 2.44. The lowest BCUT2D eigenvalue weighted by Crippen LogP contribution is -2.42. The smallest absolute Gasteiger partial charge is 0.245 e. The van der Waals surface area contributed by atoms with Crippen molar-refractivity contribution in [2.24, 2.45) is 0 Å². The molecule has 20 heavy (non-hydrogen) atoms. The molecule has 7 heteroatoms. The Labute approximate surface area is 124 Å². The number of hydrogen-bond donors (Lipinski definition) is 2. The molecule has 0 saturated carbocycles. The molecule has 1 aromatic carbocycles. The first-order valence-corrected chi connectivity index (χ1v) is 8.46. The summed E-state index contributed by atoms with van der Waals surface area (Å²) in [4.78, 5) is 0.0188. The normalized spacial score (nSPS) is 21.6. The van der Waals surface area contributed by atoms with Gasteiger partial charge < -0.3 is 10.8 Å². The minimum atomic E-state index is -3.74. The molecule has 1 fully saturated rings. The van der Waals surface area contributed by atoms with E-state index in [-0.39, 0.29) is 23.2 Å². The van der Waals surface area contributed by atoms with Crippen LogP contribution in [-0.4, -0.2) is 37.0 Å². The first-order valence-electron chi connectivity index (χ1n) is 6.64. The topological polar surface area (TPSA) is 83.6 Å². The highest BCUT2D eigenvalue weighted by Gasteiger charge is 2.33. The van der Waals surface area contributed by atoms with Crippen molar-refractivity contribution in [1.82, 2.24) is 4.31 Å². The molecule has 0 aliphatic carbocycles. The molecule has 1 saturated heterocycles. The fourth-order valence-electron chi connectivity index (χ4n) is 2.51. The van der Waals surface area contributed by atoms with E-state index in [1.54, 1.807) is 6.07 Å². The first kappa shape index (κ1) is 15.6. The quantitative estimate of drug-likeness (QED) is 0.833. The third-order valence-corrected chi connectivity index (χ3v) is 5.84. The molecular formula is C13H19ClN2O3S. The highest BCUT2D eigenvalue weighted by Crippen LogP contribution is 2.29.